The fourth-order valence-corrected chi connectivity index (χ4v) is 2.38. The van der Waals surface area contributed by atoms with Crippen molar-refractivity contribution >= 4 is 0 Å². The van der Waals surface area contributed by atoms with Gasteiger partial charge < -0.3 is 5.32 Å². The van der Waals surface area contributed by atoms with E-state index >= 15 is 0 Å². The van der Waals surface area contributed by atoms with Crippen molar-refractivity contribution < 1.29 is 0 Å². The molecule has 1 heterocycles. The Hall–Kier alpha value is -0.830. The number of rotatable bonds is 6. The van der Waals surface area contributed by atoms with E-state index in [0.717, 1.165) is 25.3 Å². The minimum absolute atomic E-state index is 0.537. The van der Waals surface area contributed by atoms with E-state index in [-0.39, 0.29) is 0 Å². The number of hydrogen-bond donors (Lipinski definition) is 1. The molecular formula is C13H23N3. The molecule has 0 spiro atoms. The number of nitrogens with one attached hydrogen (secondary N) is 1. The van der Waals surface area contributed by atoms with Gasteiger partial charge in [-0.15, -0.1) is 0 Å². The van der Waals surface area contributed by atoms with E-state index in [1.165, 1.54) is 25.0 Å². The molecule has 0 radical (unpaired) electrons. The van der Waals surface area contributed by atoms with E-state index in [1.54, 1.807) is 0 Å². The third-order valence-corrected chi connectivity index (χ3v) is 3.55. The van der Waals surface area contributed by atoms with Crippen molar-refractivity contribution in [1.82, 2.24) is 15.1 Å². The first kappa shape index (κ1) is 11.6. The summed E-state index contributed by atoms with van der Waals surface area (Å²) in [5, 5.41) is 8.00. The Kier molecular flexibility index (Phi) is 3.33. The molecule has 1 fully saturated rings. The van der Waals surface area contributed by atoms with Gasteiger partial charge in [0.1, 0.15) is 0 Å². The number of hydrogen-bond acceptors (Lipinski definition) is 2. The van der Waals surface area contributed by atoms with Crippen LogP contribution in [0.15, 0.2) is 6.07 Å². The molecule has 0 amide bonds. The van der Waals surface area contributed by atoms with Crippen LogP contribution >= 0.6 is 0 Å². The van der Waals surface area contributed by atoms with Crippen molar-refractivity contribution in [3.63, 3.8) is 0 Å². The Morgan fingerprint density at radius 1 is 1.44 bits per heavy atom. The molecular weight excluding hydrogens is 198 g/mol. The van der Waals surface area contributed by atoms with E-state index in [0.29, 0.717) is 5.41 Å². The van der Waals surface area contributed by atoms with Crippen molar-refractivity contribution in [1.29, 1.82) is 0 Å². The van der Waals surface area contributed by atoms with Gasteiger partial charge in [0.05, 0.1) is 5.69 Å². The van der Waals surface area contributed by atoms with Crippen LogP contribution in [-0.4, -0.2) is 22.9 Å². The number of aromatic nitrogens is 2. The zero-order valence-electron chi connectivity index (χ0n) is 10.7. The van der Waals surface area contributed by atoms with E-state index < -0.39 is 0 Å². The second-order valence-corrected chi connectivity index (χ2v) is 5.05. The molecule has 0 aliphatic heterocycles. The highest BCUT2D eigenvalue weighted by Gasteiger charge is 2.42. The number of aryl methyl sites for hydroxylation is 2. The molecule has 0 aromatic carbocycles. The fourth-order valence-electron chi connectivity index (χ4n) is 2.38. The van der Waals surface area contributed by atoms with Gasteiger partial charge in [0.25, 0.3) is 0 Å². The summed E-state index contributed by atoms with van der Waals surface area (Å²) in [7, 11) is 0. The van der Waals surface area contributed by atoms with Gasteiger partial charge in [-0.05, 0) is 51.1 Å². The number of nitrogens with zero attached hydrogens (tertiary/aromatic N) is 2. The van der Waals surface area contributed by atoms with Gasteiger partial charge in [-0.2, -0.15) is 5.10 Å². The van der Waals surface area contributed by atoms with Gasteiger partial charge in [0, 0.05) is 18.8 Å². The third-order valence-electron chi connectivity index (χ3n) is 3.55. The quantitative estimate of drug-likeness (QED) is 0.797. The first-order chi connectivity index (χ1) is 7.69. The standard InChI is InChI=1S/C13H23N3/c1-4-14-10-13(6-7-13)9-12-8-11(3)15-16(12)5-2/h8,14H,4-7,9-10H2,1-3H3. The summed E-state index contributed by atoms with van der Waals surface area (Å²) >= 11 is 0. The first-order valence-electron chi connectivity index (χ1n) is 6.43. The van der Waals surface area contributed by atoms with Crippen LogP contribution in [0, 0.1) is 12.3 Å². The van der Waals surface area contributed by atoms with E-state index in [1.807, 2.05) is 0 Å². The van der Waals surface area contributed by atoms with Crippen molar-refractivity contribution in [2.45, 2.75) is 46.6 Å². The van der Waals surface area contributed by atoms with Crippen LogP contribution in [0.3, 0.4) is 0 Å². The van der Waals surface area contributed by atoms with Crippen LogP contribution in [0.2, 0.25) is 0 Å². The largest absolute Gasteiger partial charge is 0.316 e. The highest BCUT2D eigenvalue weighted by Crippen LogP contribution is 2.47. The zero-order chi connectivity index (χ0) is 11.6. The monoisotopic (exact) mass is 221 g/mol. The molecule has 90 valence electrons. The van der Waals surface area contributed by atoms with Crippen LogP contribution in [0.25, 0.3) is 0 Å². The van der Waals surface area contributed by atoms with Crippen LogP contribution in [0.4, 0.5) is 0 Å². The molecule has 1 saturated carbocycles. The second-order valence-electron chi connectivity index (χ2n) is 5.05. The predicted octanol–water partition coefficient (Wildman–Crippen LogP) is 2.14. The molecule has 0 saturated heterocycles. The van der Waals surface area contributed by atoms with E-state index in [9.17, 15) is 0 Å². The highest BCUT2D eigenvalue weighted by atomic mass is 15.3. The molecule has 0 unspecified atom stereocenters. The summed E-state index contributed by atoms with van der Waals surface area (Å²) in [6, 6.07) is 2.25. The molecule has 3 heteroatoms. The van der Waals surface area contributed by atoms with Crippen LogP contribution in [0.5, 0.6) is 0 Å². The zero-order valence-corrected chi connectivity index (χ0v) is 10.7. The summed E-state index contributed by atoms with van der Waals surface area (Å²) in [6.45, 7) is 9.65. The first-order valence-corrected chi connectivity index (χ1v) is 6.43. The van der Waals surface area contributed by atoms with Crippen LogP contribution in [0.1, 0.15) is 38.1 Å². The Morgan fingerprint density at radius 2 is 2.19 bits per heavy atom. The maximum Gasteiger partial charge on any atom is 0.0596 e. The Balaban J connectivity index is 2.02. The topological polar surface area (TPSA) is 29.9 Å². The smallest absolute Gasteiger partial charge is 0.0596 e. The molecule has 0 bridgehead atoms. The molecule has 3 nitrogen and oxygen atoms in total. The maximum atomic E-state index is 4.52. The molecule has 1 aliphatic rings. The lowest BCUT2D eigenvalue weighted by Crippen LogP contribution is -2.26. The van der Waals surface area contributed by atoms with Crippen molar-refractivity contribution in [2.75, 3.05) is 13.1 Å². The van der Waals surface area contributed by atoms with Gasteiger partial charge in [0.2, 0.25) is 0 Å². The molecule has 1 aromatic rings. The minimum atomic E-state index is 0.537. The molecule has 16 heavy (non-hydrogen) atoms. The predicted molar refractivity (Wildman–Crippen MR) is 66.6 cm³/mol. The average Bonchev–Trinajstić information content (AvgIpc) is 2.93. The normalized spacial score (nSPS) is 17.7. The van der Waals surface area contributed by atoms with Crippen molar-refractivity contribution in [3.05, 3.63) is 17.5 Å². The molecule has 2 rings (SSSR count). The Morgan fingerprint density at radius 3 is 2.75 bits per heavy atom. The summed E-state index contributed by atoms with van der Waals surface area (Å²) in [5.41, 5.74) is 3.10. The summed E-state index contributed by atoms with van der Waals surface area (Å²) < 4.78 is 2.15. The van der Waals surface area contributed by atoms with Gasteiger partial charge in [-0.25, -0.2) is 0 Å². The lowest BCUT2D eigenvalue weighted by Gasteiger charge is -2.15. The van der Waals surface area contributed by atoms with Crippen LogP contribution < -0.4 is 5.32 Å². The van der Waals surface area contributed by atoms with Gasteiger partial charge in [-0.1, -0.05) is 6.92 Å². The summed E-state index contributed by atoms with van der Waals surface area (Å²) in [6.07, 6.45) is 3.93. The molecule has 1 aliphatic carbocycles. The Labute approximate surface area is 98.2 Å². The molecule has 1 N–H and O–H groups in total. The average molecular weight is 221 g/mol. The minimum Gasteiger partial charge on any atom is -0.316 e. The Bertz CT molecular complexity index is 350. The molecule has 1 aromatic heterocycles. The lowest BCUT2D eigenvalue weighted by molar-refractivity contribution is 0.443. The van der Waals surface area contributed by atoms with Gasteiger partial charge >= 0.3 is 0 Å². The van der Waals surface area contributed by atoms with Gasteiger partial charge in [0.15, 0.2) is 0 Å². The van der Waals surface area contributed by atoms with E-state index in [4.69, 9.17) is 0 Å². The van der Waals surface area contributed by atoms with Gasteiger partial charge in [-0.3, -0.25) is 4.68 Å². The van der Waals surface area contributed by atoms with Crippen molar-refractivity contribution in [3.8, 4) is 0 Å². The van der Waals surface area contributed by atoms with E-state index in [2.05, 4.69) is 41.9 Å². The highest BCUT2D eigenvalue weighted by molar-refractivity contribution is 5.14. The summed E-state index contributed by atoms with van der Waals surface area (Å²) in [5.74, 6) is 0. The van der Waals surface area contributed by atoms with Crippen LogP contribution in [-0.2, 0) is 13.0 Å². The lowest BCUT2D eigenvalue weighted by atomic mass is 10.00. The third kappa shape index (κ3) is 2.46. The fraction of sp³-hybridized carbons (Fsp3) is 0.769. The summed E-state index contributed by atoms with van der Waals surface area (Å²) in [4.78, 5) is 0. The maximum absolute atomic E-state index is 4.52. The SMILES string of the molecule is CCNCC1(Cc2cc(C)nn2CC)CC1. The van der Waals surface area contributed by atoms with Crippen molar-refractivity contribution in [2.24, 2.45) is 5.41 Å². The second kappa shape index (κ2) is 4.58. The molecule has 0 atom stereocenters.